The highest BCUT2D eigenvalue weighted by atomic mass is 35.5. The molecule has 152 valence electrons. The van der Waals surface area contributed by atoms with Gasteiger partial charge in [-0.05, 0) is 67.1 Å². The van der Waals surface area contributed by atoms with Gasteiger partial charge < -0.3 is 14.5 Å². The highest BCUT2D eigenvalue weighted by molar-refractivity contribution is 6.42. The van der Waals surface area contributed by atoms with Crippen LogP contribution in [0.25, 0.3) is 22.6 Å². The zero-order chi connectivity index (χ0) is 21.1. The molecule has 1 amide bonds. The molecule has 30 heavy (non-hydrogen) atoms. The monoisotopic (exact) mass is 440 g/mol. The maximum atomic E-state index is 12.5. The Kier molecular flexibility index (Phi) is 5.93. The quantitative estimate of drug-likeness (QED) is 0.356. The summed E-state index contributed by atoms with van der Waals surface area (Å²) in [7, 11) is 0. The Morgan fingerprint density at radius 3 is 2.57 bits per heavy atom. The van der Waals surface area contributed by atoms with Gasteiger partial charge in [-0.2, -0.15) is 0 Å². The third-order valence-corrected chi connectivity index (χ3v) is 5.14. The Bertz CT molecular complexity index is 1200. The van der Waals surface area contributed by atoms with Crippen LogP contribution in [-0.2, 0) is 0 Å². The van der Waals surface area contributed by atoms with Crippen molar-refractivity contribution in [1.82, 2.24) is 4.98 Å². The van der Waals surface area contributed by atoms with Crippen LogP contribution in [0, 0.1) is 0 Å². The van der Waals surface area contributed by atoms with Crippen molar-refractivity contribution in [2.75, 3.05) is 11.9 Å². The van der Waals surface area contributed by atoms with Crippen molar-refractivity contribution in [2.24, 2.45) is 0 Å². The van der Waals surface area contributed by atoms with E-state index in [1.165, 1.54) is 0 Å². The number of anilines is 1. The number of hydrogen-bond donors (Lipinski definition) is 1. The molecule has 0 atom stereocenters. The molecule has 0 aliphatic rings. The lowest BCUT2D eigenvalue weighted by Crippen LogP contribution is -2.11. The van der Waals surface area contributed by atoms with E-state index in [4.69, 9.17) is 32.4 Å². The molecule has 1 aromatic heterocycles. The number of ether oxygens (including phenoxy) is 1. The van der Waals surface area contributed by atoms with E-state index in [0.717, 1.165) is 17.7 Å². The SMILES string of the molecule is CCCOc1ccc(C(=O)Nc2ccc3oc(-c4ccc(Cl)c(Cl)c4)nc3c2)cc1. The van der Waals surface area contributed by atoms with Gasteiger partial charge in [0.1, 0.15) is 11.3 Å². The van der Waals surface area contributed by atoms with Gasteiger partial charge in [-0.1, -0.05) is 30.1 Å². The standard InChI is InChI=1S/C23H18Cl2N2O3/c1-2-11-29-17-7-3-14(4-8-17)22(28)26-16-6-10-21-20(13-16)27-23(30-21)15-5-9-18(24)19(25)12-15/h3-10,12-13H,2,11H2,1H3,(H,26,28). The van der Waals surface area contributed by atoms with Gasteiger partial charge in [-0.25, -0.2) is 4.98 Å². The van der Waals surface area contributed by atoms with Gasteiger partial charge in [0.2, 0.25) is 5.89 Å². The van der Waals surface area contributed by atoms with E-state index < -0.39 is 0 Å². The molecule has 7 heteroatoms. The minimum atomic E-state index is -0.218. The van der Waals surface area contributed by atoms with E-state index in [-0.39, 0.29) is 5.91 Å². The normalized spacial score (nSPS) is 10.9. The highest BCUT2D eigenvalue weighted by Crippen LogP contribution is 2.31. The zero-order valence-electron chi connectivity index (χ0n) is 16.1. The molecular formula is C23H18Cl2N2O3. The van der Waals surface area contributed by atoms with E-state index in [0.29, 0.717) is 44.9 Å². The third-order valence-electron chi connectivity index (χ3n) is 4.40. The molecule has 4 rings (SSSR count). The van der Waals surface area contributed by atoms with Crippen molar-refractivity contribution in [1.29, 1.82) is 0 Å². The first-order chi connectivity index (χ1) is 14.5. The fourth-order valence-corrected chi connectivity index (χ4v) is 3.18. The number of aromatic nitrogens is 1. The average molecular weight is 441 g/mol. The fraction of sp³-hybridized carbons (Fsp3) is 0.130. The molecule has 0 bridgehead atoms. The Morgan fingerprint density at radius 1 is 1.03 bits per heavy atom. The van der Waals surface area contributed by atoms with Crippen molar-refractivity contribution in [3.8, 4) is 17.2 Å². The van der Waals surface area contributed by atoms with E-state index in [9.17, 15) is 4.79 Å². The first-order valence-electron chi connectivity index (χ1n) is 9.43. The molecule has 1 N–H and O–H groups in total. The van der Waals surface area contributed by atoms with Crippen molar-refractivity contribution in [2.45, 2.75) is 13.3 Å². The maximum Gasteiger partial charge on any atom is 0.255 e. The van der Waals surface area contributed by atoms with Gasteiger partial charge in [0.25, 0.3) is 5.91 Å². The molecule has 3 aromatic carbocycles. The van der Waals surface area contributed by atoms with Crippen molar-refractivity contribution >= 4 is 45.9 Å². The van der Waals surface area contributed by atoms with E-state index in [1.807, 2.05) is 6.92 Å². The summed E-state index contributed by atoms with van der Waals surface area (Å²) in [5.74, 6) is 0.951. The number of carbonyl (C=O) groups excluding carboxylic acids is 1. The predicted octanol–water partition coefficient (Wildman–Crippen LogP) is 6.84. The maximum absolute atomic E-state index is 12.5. The fourth-order valence-electron chi connectivity index (χ4n) is 2.88. The molecule has 0 fully saturated rings. The van der Waals surface area contributed by atoms with Gasteiger partial charge in [-0.3, -0.25) is 4.79 Å². The summed E-state index contributed by atoms with van der Waals surface area (Å²) in [4.78, 5) is 17.0. The summed E-state index contributed by atoms with van der Waals surface area (Å²) >= 11 is 12.0. The van der Waals surface area contributed by atoms with Gasteiger partial charge in [0.15, 0.2) is 5.58 Å². The number of halogens is 2. The summed E-state index contributed by atoms with van der Waals surface area (Å²) in [5, 5.41) is 3.77. The molecular weight excluding hydrogens is 423 g/mol. The van der Waals surface area contributed by atoms with Crippen molar-refractivity contribution in [3.63, 3.8) is 0 Å². The summed E-state index contributed by atoms with van der Waals surface area (Å²) in [6.45, 7) is 2.69. The molecule has 0 saturated carbocycles. The number of oxazole rings is 1. The number of fused-ring (bicyclic) bond motifs is 1. The molecule has 1 heterocycles. The molecule has 0 saturated heterocycles. The zero-order valence-corrected chi connectivity index (χ0v) is 17.6. The summed E-state index contributed by atoms with van der Waals surface area (Å²) in [5.41, 5.74) is 3.10. The van der Waals surface area contributed by atoms with Crippen LogP contribution in [0.5, 0.6) is 5.75 Å². The van der Waals surface area contributed by atoms with Crippen molar-refractivity contribution < 1.29 is 13.9 Å². The summed E-state index contributed by atoms with van der Waals surface area (Å²) in [6, 6.07) is 17.5. The van der Waals surface area contributed by atoms with Crippen LogP contribution in [0.4, 0.5) is 5.69 Å². The molecule has 5 nitrogen and oxygen atoms in total. The number of nitrogens with one attached hydrogen (secondary N) is 1. The number of rotatable bonds is 6. The molecule has 0 unspecified atom stereocenters. The van der Waals surface area contributed by atoms with Crippen LogP contribution in [0.15, 0.2) is 65.1 Å². The first-order valence-corrected chi connectivity index (χ1v) is 10.2. The van der Waals surface area contributed by atoms with Crippen molar-refractivity contribution in [3.05, 3.63) is 76.3 Å². The lowest BCUT2D eigenvalue weighted by atomic mass is 10.2. The number of nitrogens with zero attached hydrogens (tertiary/aromatic N) is 1. The van der Waals surface area contributed by atoms with Gasteiger partial charge in [0.05, 0.1) is 16.7 Å². The van der Waals surface area contributed by atoms with Gasteiger partial charge >= 0.3 is 0 Å². The second kappa shape index (κ2) is 8.78. The van der Waals surface area contributed by atoms with Crippen LogP contribution in [-0.4, -0.2) is 17.5 Å². The number of benzene rings is 3. The van der Waals surface area contributed by atoms with Crippen LogP contribution in [0.1, 0.15) is 23.7 Å². The van der Waals surface area contributed by atoms with Crippen LogP contribution >= 0.6 is 23.2 Å². The first kappa shape index (κ1) is 20.3. The van der Waals surface area contributed by atoms with Gasteiger partial charge in [0, 0.05) is 16.8 Å². The molecule has 4 aromatic rings. The second-order valence-electron chi connectivity index (χ2n) is 6.66. The number of carbonyl (C=O) groups is 1. The van der Waals surface area contributed by atoms with E-state index >= 15 is 0 Å². The largest absolute Gasteiger partial charge is 0.494 e. The van der Waals surface area contributed by atoms with E-state index in [1.54, 1.807) is 60.7 Å². The van der Waals surface area contributed by atoms with Crippen LogP contribution in [0.3, 0.4) is 0 Å². The topological polar surface area (TPSA) is 64.4 Å². The number of amides is 1. The second-order valence-corrected chi connectivity index (χ2v) is 7.47. The minimum absolute atomic E-state index is 0.218. The Labute approximate surface area is 183 Å². The van der Waals surface area contributed by atoms with E-state index in [2.05, 4.69) is 10.3 Å². The summed E-state index contributed by atoms with van der Waals surface area (Å²) in [6.07, 6.45) is 0.930. The average Bonchev–Trinajstić information content (AvgIpc) is 3.18. The van der Waals surface area contributed by atoms with Crippen LogP contribution < -0.4 is 10.1 Å². The Hall–Kier alpha value is -3.02. The lowest BCUT2D eigenvalue weighted by molar-refractivity contribution is 0.102. The molecule has 0 aliphatic carbocycles. The minimum Gasteiger partial charge on any atom is -0.494 e. The predicted molar refractivity (Wildman–Crippen MR) is 120 cm³/mol. The number of hydrogen-bond acceptors (Lipinski definition) is 4. The summed E-state index contributed by atoms with van der Waals surface area (Å²) < 4.78 is 11.3. The Morgan fingerprint density at radius 2 is 1.83 bits per heavy atom. The smallest absolute Gasteiger partial charge is 0.255 e. The lowest BCUT2D eigenvalue weighted by Gasteiger charge is -2.07. The molecule has 0 aliphatic heterocycles. The van der Waals surface area contributed by atoms with Gasteiger partial charge in [-0.15, -0.1) is 0 Å². The molecule has 0 radical (unpaired) electrons. The highest BCUT2D eigenvalue weighted by Gasteiger charge is 2.12. The van der Waals surface area contributed by atoms with Crippen LogP contribution in [0.2, 0.25) is 10.0 Å². The molecule has 0 spiro atoms. The Balaban J connectivity index is 1.52. The third kappa shape index (κ3) is 4.42.